The van der Waals surface area contributed by atoms with E-state index in [0.717, 1.165) is 38.2 Å². The average molecular weight is 386 g/mol. The molecule has 5 nitrogen and oxygen atoms in total. The zero-order valence-electron chi connectivity index (χ0n) is 16.3. The molecular weight excluding hydrogens is 359 g/mol. The second-order valence-electron chi connectivity index (χ2n) is 8.09. The lowest BCUT2D eigenvalue weighted by atomic mass is 10.0. The van der Waals surface area contributed by atoms with Gasteiger partial charge in [0, 0.05) is 37.3 Å². The Morgan fingerprint density at radius 3 is 2.61 bits per heavy atom. The van der Waals surface area contributed by atoms with Crippen LogP contribution in [-0.2, 0) is 0 Å². The van der Waals surface area contributed by atoms with Crippen molar-refractivity contribution in [2.45, 2.75) is 31.8 Å². The SMILES string of the molecule is COc1ccc(F)c(O[C@H]2C[C@@H]3CN(CC(C)c4ccc(O)cn4)C[C@@H]3C2)c1. The number of aromatic hydroxyl groups is 1. The third-order valence-corrected chi connectivity index (χ3v) is 6.02. The first kappa shape index (κ1) is 19.0. The number of rotatable bonds is 6. The Morgan fingerprint density at radius 1 is 1.21 bits per heavy atom. The number of nitrogens with zero attached hydrogens (tertiary/aromatic N) is 2. The molecule has 4 atom stereocenters. The molecule has 1 aliphatic carbocycles. The van der Waals surface area contributed by atoms with Gasteiger partial charge in [0.25, 0.3) is 0 Å². The third kappa shape index (κ3) is 4.07. The Labute approximate surface area is 165 Å². The molecule has 1 aliphatic heterocycles. The maximum absolute atomic E-state index is 14.0. The smallest absolute Gasteiger partial charge is 0.165 e. The minimum Gasteiger partial charge on any atom is -0.506 e. The van der Waals surface area contributed by atoms with Crippen molar-refractivity contribution >= 4 is 0 Å². The largest absolute Gasteiger partial charge is 0.506 e. The van der Waals surface area contributed by atoms with E-state index in [4.69, 9.17) is 9.47 Å². The summed E-state index contributed by atoms with van der Waals surface area (Å²) in [5, 5.41) is 9.39. The van der Waals surface area contributed by atoms with Gasteiger partial charge in [-0.2, -0.15) is 0 Å². The molecule has 2 aliphatic rings. The van der Waals surface area contributed by atoms with Gasteiger partial charge in [0.1, 0.15) is 11.5 Å². The van der Waals surface area contributed by atoms with Crippen LogP contribution in [0.2, 0.25) is 0 Å². The normalized spacial score (nSPS) is 25.5. The molecule has 1 saturated heterocycles. The lowest BCUT2D eigenvalue weighted by molar-refractivity contribution is 0.176. The number of ether oxygens (including phenoxy) is 2. The molecule has 0 spiro atoms. The molecule has 2 aromatic rings. The lowest BCUT2D eigenvalue weighted by Crippen LogP contribution is -2.28. The van der Waals surface area contributed by atoms with Gasteiger partial charge >= 0.3 is 0 Å². The van der Waals surface area contributed by atoms with E-state index in [9.17, 15) is 9.50 Å². The fourth-order valence-electron chi connectivity index (χ4n) is 4.64. The molecule has 1 N–H and O–H groups in total. The van der Waals surface area contributed by atoms with Crippen LogP contribution < -0.4 is 9.47 Å². The Morgan fingerprint density at radius 2 is 1.96 bits per heavy atom. The maximum atomic E-state index is 14.0. The second-order valence-corrected chi connectivity index (χ2v) is 8.09. The number of hydrogen-bond acceptors (Lipinski definition) is 5. The highest BCUT2D eigenvalue weighted by atomic mass is 19.1. The zero-order chi connectivity index (χ0) is 19.7. The fraction of sp³-hybridized carbons (Fsp3) is 0.500. The van der Waals surface area contributed by atoms with Crippen molar-refractivity contribution in [3.05, 3.63) is 48.0 Å². The van der Waals surface area contributed by atoms with E-state index in [1.807, 2.05) is 6.07 Å². The molecule has 1 aromatic carbocycles. The number of fused-ring (bicyclic) bond motifs is 1. The number of halogens is 1. The summed E-state index contributed by atoms with van der Waals surface area (Å²) in [4.78, 5) is 6.83. The van der Waals surface area contributed by atoms with Crippen molar-refractivity contribution in [1.29, 1.82) is 0 Å². The monoisotopic (exact) mass is 386 g/mol. The lowest BCUT2D eigenvalue weighted by Gasteiger charge is -2.23. The first-order valence-electron chi connectivity index (χ1n) is 9.89. The molecule has 1 saturated carbocycles. The van der Waals surface area contributed by atoms with Gasteiger partial charge in [0.2, 0.25) is 0 Å². The summed E-state index contributed by atoms with van der Waals surface area (Å²) in [7, 11) is 1.57. The van der Waals surface area contributed by atoms with Crippen LogP contribution in [0.3, 0.4) is 0 Å². The standard InChI is InChI=1S/C22H27FN2O3/c1-14(21-6-3-17(26)10-24-21)11-25-12-15-7-19(8-16(15)13-25)28-22-9-18(27-2)4-5-20(22)23/h3-6,9-10,14-16,19,26H,7-8,11-13H2,1-2H3/t14?,15-,16+,19+. The Bertz CT molecular complexity index is 800. The van der Waals surface area contributed by atoms with Gasteiger partial charge in [0.15, 0.2) is 11.6 Å². The predicted molar refractivity (Wildman–Crippen MR) is 104 cm³/mol. The van der Waals surface area contributed by atoms with Crippen LogP contribution in [0.1, 0.15) is 31.4 Å². The summed E-state index contributed by atoms with van der Waals surface area (Å²) in [5.41, 5.74) is 1.00. The van der Waals surface area contributed by atoms with Crippen molar-refractivity contribution < 1.29 is 19.0 Å². The molecule has 1 aromatic heterocycles. The minimum absolute atomic E-state index is 0.0648. The van der Waals surface area contributed by atoms with Crippen LogP contribution in [0.4, 0.5) is 4.39 Å². The van der Waals surface area contributed by atoms with Gasteiger partial charge < -0.3 is 19.5 Å². The van der Waals surface area contributed by atoms with E-state index in [0.29, 0.717) is 23.5 Å². The number of aromatic nitrogens is 1. The van der Waals surface area contributed by atoms with Crippen LogP contribution >= 0.6 is 0 Å². The summed E-state index contributed by atoms with van der Waals surface area (Å²) in [6, 6.07) is 8.21. The summed E-state index contributed by atoms with van der Waals surface area (Å²) < 4.78 is 25.2. The van der Waals surface area contributed by atoms with Gasteiger partial charge in [-0.3, -0.25) is 4.98 Å². The van der Waals surface area contributed by atoms with Crippen molar-refractivity contribution in [2.24, 2.45) is 11.8 Å². The molecule has 0 radical (unpaired) electrons. The third-order valence-electron chi connectivity index (χ3n) is 6.02. The minimum atomic E-state index is -0.338. The van der Waals surface area contributed by atoms with Crippen molar-refractivity contribution in [2.75, 3.05) is 26.7 Å². The van der Waals surface area contributed by atoms with Gasteiger partial charge in [-0.05, 0) is 48.9 Å². The van der Waals surface area contributed by atoms with Crippen molar-refractivity contribution in [1.82, 2.24) is 9.88 Å². The van der Waals surface area contributed by atoms with E-state index in [1.165, 1.54) is 12.3 Å². The van der Waals surface area contributed by atoms with Gasteiger partial charge in [-0.1, -0.05) is 6.92 Å². The van der Waals surface area contributed by atoms with E-state index in [2.05, 4.69) is 16.8 Å². The summed E-state index contributed by atoms with van der Waals surface area (Å²) >= 11 is 0. The number of likely N-dealkylation sites (tertiary alicyclic amines) is 1. The van der Waals surface area contributed by atoms with Gasteiger partial charge in [-0.25, -0.2) is 4.39 Å². The Hall–Kier alpha value is -2.34. The topological polar surface area (TPSA) is 54.8 Å². The molecule has 0 bridgehead atoms. The fourth-order valence-corrected chi connectivity index (χ4v) is 4.64. The maximum Gasteiger partial charge on any atom is 0.165 e. The van der Waals surface area contributed by atoms with E-state index >= 15 is 0 Å². The second kappa shape index (κ2) is 7.95. The molecule has 0 amide bonds. The molecular formula is C22H27FN2O3. The molecule has 28 heavy (non-hydrogen) atoms. The highest BCUT2D eigenvalue weighted by Gasteiger charge is 2.42. The molecule has 2 heterocycles. The summed E-state index contributed by atoms with van der Waals surface area (Å²) in [5.74, 6) is 2.26. The quantitative estimate of drug-likeness (QED) is 0.818. The molecule has 6 heteroatoms. The van der Waals surface area contributed by atoms with Crippen molar-refractivity contribution in [3.63, 3.8) is 0 Å². The number of methoxy groups -OCH3 is 1. The summed E-state index contributed by atoms with van der Waals surface area (Å²) in [6.45, 7) is 5.23. The van der Waals surface area contributed by atoms with Crippen molar-refractivity contribution in [3.8, 4) is 17.2 Å². The van der Waals surface area contributed by atoms with Crippen LogP contribution in [0.15, 0.2) is 36.5 Å². The van der Waals surface area contributed by atoms with E-state index < -0.39 is 0 Å². The van der Waals surface area contributed by atoms with Crippen LogP contribution in [0, 0.1) is 17.7 Å². The molecule has 4 rings (SSSR count). The number of pyridine rings is 1. The zero-order valence-corrected chi connectivity index (χ0v) is 16.3. The highest BCUT2D eigenvalue weighted by Crippen LogP contribution is 2.41. The molecule has 1 unspecified atom stereocenters. The van der Waals surface area contributed by atoms with E-state index in [-0.39, 0.29) is 23.4 Å². The van der Waals surface area contributed by atoms with Crippen LogP contribution in [0.25, 0.3) is 0 Å². The Kier molecular flexibility index (Phi) is 5.40. The number of hydrogen-bond donors (Lipinski definition) is 1. The van der Waals surface area contributed by atoms with Gasteiger partial charge in [-0.15, -0.1) is 0 Å². The van der Waals surface area contributed by atoms with E-state index in [1.54, 1.807) is 25.3 Å². The predicted octanol–water partition coefficient (Wildman–Crippen LogP) is 3.83. The number of benzene rings is 1. The van der Waals surface area contributed by atoms with Crippen LogP contribution in [0.5, 0.6) is 17.2 Å². The van der Waals surface area contributed by atoms with Crippen LogP contribution in [-0.4, -0.2) is 47.8 Å². The first-order valence-corrected chi connectivity index (χ1v) is 9.89. The summed E-state index contributed by atoms with van der Waals surface area (Å²) in [6.07, 6.45) is 3.49. The first-order chi connectivity index (χ1) is 13.5. The Balaban J connectivity index is 1.30. The molecule has 2 fully saturated rings. The molecule has 150 valence electrons. The van der Waals surface area contributed by atoms with Gasteiger partial charge in [0.05, 0.1) is 19.4 Å². The highest BCUT2D eigenvalue weighted by molar-refractivity contribution is 5.34. The average Bonchev–Trinajstić information content (AvgIpc) is 3.21.